The fourth-order valence-electron chi connectivity index (χ4n) is 2.00. The number of aliphatic carboxylic acids is 1. The number of rotatable bonds is 2. The summed E-state index contributed by atoms with van der Waals surface area (Å²) in [7, 11) is 0. The van der Waals surface area contributed by atoms with Crippen LogP contribution in [0.25, 0.3) is 0 Å². The van der Waals surface area contributed by atoms with Crippen molar-refractivity contribution < 1.29 is 14.6 Å². The molecule has 0 amide bonds. The summed E-state index contributed by atoms with van der Waals surface area (Å²) < 4.78 is 5.23. The van der Waals surface area contributed by atoms with Gasteiger partial charge in [0.25, 0.3) is 0 Å². The first-order valence-corrected chi connectivity index (χ1v) is 6.30. The first kappa shape index (κ1) is 13.6. The van der Waals surface area contributed by atoms with Crippen LogP contribution in [-0.4, -0.2) is 48.3 Å². The molecule has 1 N–H and O–H groups in total. The standard InChI is InChI=1S/C15H17NO3/c1-12-4-2-3-5-13(12)6-7-14(15(17)18)16-8-10-19-11-9-16/h2-5,14H,8-11H2,1H3,(H,17,18). The normalized spacial score (nSPS) is 17.3. The van der Waals surface area contributed by atoms with Crippen LogP contribution in [0.3, 0.4) is 0 Å². The Balaban J connectivity index is 2.17. The van der Waals surface area contributed by atoms with Crippen molar-refractivity contribution in [3.8, 4) is 11.8 Å². The maximum absolute atomic E-state index is 11.3. The van der Waals surface area contributed by atoms with E-state index in [9.17, 15) is 9.90 Å². The topological polar surface area (TPSA) is 49.8 Å². The molecule has 1 aromatic carbocycles. The van der Waals surface area contributed by atoms with Crippen molar-refractivity contribution in [1.82, 2.24) is 4.90 Å². The summed E-state index contributed by atoms with van der Waals surface area (Å²) in [6.45, 7) is 4.32. The predicted octanol–water partition coefficient (Wildman–Crippen LogP) is 1.13. The molecule has 1 aromatic rings. The highest BCUT2D eigenvalue weighted by Crippen LogP contribution is 2.07. The van der Waals surface area contributed by atoms with E-state index in [-0.39, 0.29) is 0 Å². The lowest BCUT2D eigenvalue weighted by atomic mass is 10.1. The van der Waals surface area contributed by atoms with Crippen LogP contribution in [0.2, 0.25) is 0 Å². The molecule has 1 heterocycles. The zero-order valence-electron chi connectivity index (χ0n) is 10.9. The molecule has 0 bridgehead atoms. The van der Waals surface area contributed by atoms with Gasteiger partial charge in [-0.3, -0.25) is 4.90 Å². The summed E-state index contributed by atoms with van der Waals surface area (Å²) in [5.74, 6) is 4.95. The van der Waals surface area contributed by atoms with Gasteiger partial charge in [-0.15, -0.1) is 0 Å². The van der Waals surface area contributed by atoms with Gasteiger partial charge in [0.05, 0.1) is 13.2 Å². The van der Waals surface area contributed by atoms with Crippen molar-refractivity contribution in [1.29, 1.82) is 0 Å². The number of aryl methyl sites for hydroxylation is 1. The number of carboxylic acids is 1. The van der Waals surface area contributed by atoms with E-state index in [4.69, 9.17) is 4.74 Å². The van der Waals surface area contributed by atoms with Gasteiger partial charge in [-0.1, -0.05) is 30.0 Å². The molecule has 1 aliphatic heterocycles. The maximum Gasteiger partial charge on any atom is 0.333 e. The molecule has 100 valence electrons. The molecule has 0 radical (unpaired) electrons. The number of nitrogens with zero attached hydrogens (tertiary/aromatic N) is 1. The monoisotopic (exact) mass is 259 g/mol. The van der Waals surface area contributed by atoms with Crippen molar-refractivity contribution in [3.63, 3.8) is 0 Å². The molecule has 2 rings (SSSR count). The first-order valence-electron chi connectivity index (χ1n) is 6.30. The third-order valence-electron chi connectivity index (χ3n) is 3.13. The molecule has 4 nitrogen and oxygen atoms in total. The van der Waals surface area contributed by atoms with Gasteiger partial charge >= 0.3 is 5.97 Å². The largest absolute Gasteiger partial charge is 0.479 e. The van der Waals surface area contributed by atoms with Crippen molar-refractivity contribution in [2.45, 2.75) is 13.0 Å². The summed E-state index contributed by atoms with van der Waals surface area (Å²) in [6.07, 6.45) is 0. The summed E-state index contributed by atoms with van der Waals surface area (Å²) in [6, 6.07) is 6.96. The van der Waals surface area contributed by atoms with Crippen molar-refractivity contribution in [2.75, 3.05) is 26.3 Å². The molecule has 19 heavy (non-hydrogen) atoms. The number of ether oxygens (including phenoxy) is 1. The smallest absolute Gasteiger partial charge is 0.333 e. The van der Waals surface area contributed by atoms with E-state index >= 15 is 0 Å². The highest BCUT2D eigenvalue weighted by Gasteiger charge is 2.25. The Morgan fingerprint density at radius 1 is 1.37 bits per heavy atom. The number of hydrogen-bond donors (Lipinski definition) is 1. The van der Waals surface area contributed by atoms with Crippen LogP contribution >= 0.6 is 0 Å². The Morgan fingerprint density at radius 3 is 2.68 bits per heavy atom. The van der Waals surface area contributed by atoms with Crippen LogP contribution < -0.4 is 0 Å². The van der Waals surface area contributed by atoms with E-state index in [1.165, 1.54) is 0 Å². The lowest BCUT2D eigenvalue weighted by Gasteiger charge is -2.28. The number of hydrogen-bond acceptors (Lipinski definition) is 3. The van der Waals surface area contributed by atoms with Crippen molar-refractivity contribution in [3.05, 3.63) is 35.4 Å². The SMILES string of the molecule is Cc1ccccc1C#CC(C(=O)O)N1CCOCC1. The second-order valence-corrected chi connectivity index (χ2v) is 4.47. The lowest BCUT2D eigenvalue weighted by Crippen LogP contribution is -2.46. The van der Waals surface area contributed by atoms with Gasteiger partial charge < -0.3 is 9.84 Å². The van der Waals surface area contributed by atoms with Crippen molar-refractivity contribution in [2.24, 2.45) is 0 Å². The number of carbonyl (C=O) groups is 1. The molecule has 0 aliphatic carbocycles. The van der Waals surface area contributed by atoms with Crippen LogP contribution in [-0.2, 0) is 9.53 Å². The quantitative estimate of drug-likeness (QED) is 0.809. The molecule has 0 saturated carbocycles. The van der Waals surface area contributed by atoms with Gasteiger partial charge in [0.2, 0.25) is 0 Å². The second kappa shape index (κ2) is 6.37. The first-order chi connectivity index (χ1) is 9.18. The molecule has 1 fully saturated rings. The minimum Gasteiger partial charge on any atom is -0.479 e. The molecule has 1 unspecified atom stereocenters. The molecule has 1 aliphatic rings. The molecule has 0 spiro atoms. The number of benzene rings is 1. The van der Waals surface area contributed by atoms with E-state index in [0.29, 0.717) is 26.3 Å². The van der Waals surface area contributed by atoms with Gasteiger partial charge in [-0.25, -0.2) is 4.79 Å². The van der Waals surface area contributed by atoms with E-state index in [1.54, 1.807) is 0 Å². The molecule has 1 atom stereocenters. The minimum absolute atomic E-state index is 0.565. The van der Waals surface area contributed by atoms with E-state index in [2.05, 4.69) is 11.8 Å². The van der Waals surface area contributed by atoms with Crippen LogP contribution in [0, 0.1) is 18.8 Å². The fraction of sp³-hybridized carbons (Fsp3) is 0.400. The van der Waals surface area contributed by atoms with Crippen LogP contribution in [0.1, 0.15) is 11.1 Å². The van der Waals surface area contributed by atoms with E-state index < -0.39 is 12.0 Å². The molecule has 0 aromatic heterocycles. The van der Waals surface area contributed by atoms with E-state index in [0.717, 1.165) is 11.1 Å². The third kappa shape index (κ3) is 3.57. The average Bonchev–Trinajstić information content (AvgIpc) is 2.42. The molecular formula is C15H17NO3. The van der Waals surface area contributed by atoms with Crippen molar-refractivity contribution >= 4 is 5.97 Å². The van der Waals surface area contributed by atoms with Crippen LogP contribution in [0.4, 0.5) is 0 Å². The van der Waals surface area contributed by atoms with Gasteiger partial charge in [0.15, 0.2) is 6.04 Å². The number of carboxylic acid groups (broad SMARTS) is 1. The zero-order chi connectivity index (χ0) is 13.7. The Bertz CT molecular complexity index is 510. The summed E-state index contributed by atoms with van der Waals surface area (Å²) >= 11 is 0. The maximum atomic E-state index is 11.3. The lowest BCUT2D eigenvalue weighted by molar-refractivity contribution is -0.142. The molecule has 1 saturated heterocycles. The average molecular weight is 259 g/mol. The summed E-state index contributed by atoms with van der Waals surface area (Å²) in [5, 5.41) is 9.29. The van der Waals surface area contributed by atoms with Gasteiger partial charge in [-0.2, -0.15) is 0 Å². The highest BCUT2D eigenvalue weighted by atomic mass is 16.5. The van der Waals surface area contributed by atoms with E-state index in [1.807, 2.05) is 36.1 Å². The second-order valence-electron chi connectivity index (χ2n) is 4.47. The Labute approximate surface area is 113 Å². The van der Waals surface area contributed by atoms with Crippen LogP contribution in [0.15, 0.2) is 24.3 Å². The van der Waals surface area contributed by atoms with Gasteiger partial charge in [-0.05, 0) is 18.6 Å². The molecule has 4 heteroatoms. The molecular weight excluding hydrogens is 242 g/mol. The van der Waals surface area contributed by atoms with Gasteiger partial charge in [0.1, 0.15) is 0 Å². The minimum atomic E-state index is -0.900. The summed E-state index contributed by atoms with van der Waals surface area (Å²) in [5.41, 5.74) is 1.93. The highest BCUT2D eigenvalue weighted by molar-refractivity contribution is 5.77. The number of morpholine rings is 1. The Kier molecular flexibility index (Phi) is 4.56. The Hall–Kier alpha value is -1.83. The van der Waals surface area contributed by atoms with Gasteiger partial charge in [0, 0.05) is 18.7 Å². The Morgan fingerprint density at radius 2 is 2.05 bits per heavy atom. The summed E-state index contributed by atoms with van der Waals surface area (Å²) in [4.78, 5) is 13.2. The van der Waals surface area contributed by atoms with Crippen LogP contribution in [0.5, 0.6) is 0 Å². The third-order valence-corrected chi connectivity index (χ3v) is 3.13. The predicted molar refractivity (Wildman–Crippen MR) is 71.9 cm³/mol. The zero-order valence-corrected chi connectivity index (χ0v) is 10.9. The fourth-order valence-corrected chi connectivity index (χ4v) is 2.00.